The van der Waals surface area contributed by atoms with Crippen LogP contribution in [0.1, 0.15) is 22.3 Å². The Morgan fingerprint density at radius 2 is 1.86 bits per heavy atom. The van der Waals surface area contributed by atoms with E-state index in [9.17, 15) is 0 Å². The van der Waals surface area contributed by atoms with E-state index in [1.807, 2.05) is 19.1 Å². The fourth-order valence-corrected chi connectivity index (χ4v) is 2.71. The minimum Gasteiger partial charge on any atom is -0.486 e. The third-order valence-electron chi connectivity index (χ3n) is 3.05. The molecule has 0 atom stereocenters. The molecule has 0 bridgehead atoms. The third-order valence-corrected chi connectivity index (χ3v) is 3.85. The zero-order valence-electron chi connectivity index (χ0n) is 11.4. The molecule has 0 radical (unpaired) electrons. The quantitative estimate of drug-likeness (QED) is 0.644. The molecule has 0 saturated carbocycles. The van der Waals surface area contributed by atoms with E-state index in [4.69, 9.17) is 21.0 Å². The Hall–Kier alpha value is -2.25. The molecule has 21 heavy (non-hydrogen) atoms. The van der Waals surface area contributed by atoms with Gasteiger partial charge in [0, 0.05) is 0 Å². The molecule has 4 nitrogen and oxygen atoms in total. The van der Waals surface area contributed by atoms with Gasteiger partial charge >= 0.3 is 0 Å². The van der Waals surface area contributed by atoms with Crippen molar-refractivity contribution in [3.05, 3.63) is 56.2 Å². The topological polar surface area (TPSA) is 82.8 Å². The number of rotatable bonds is 3. The first-order chi connectivity index (χ1) is 10.0. The van der Waals surface area contributed by atoms with Gasteiger partial charge in [-0.05, 0) is 64.9 Å². The van der Waals surface area contributed by atoms with Crippen molar-refractivity contribution >= 4 is 28.3 Å². The molecule has 0 spiro atoms. The molecule has 0 unspecified atom stereocenters. The van der Waals surface area contributed by atoms with Crippen molar-refractivity contribution in [2.45, 2.75) is 13.5 Å². The molecule has 104 valence electrons. The van der Waals surface area contributed by atoms with Crippen molar-refractivity contribution < 1.29 is 4.74 Å². The number of benzene rings is 2. The molecule has 0 heterocycles. The molecule has 2 aromatic rings. The van der Waals surface area contributed by atoms with Crippen molar-refractivity contribution in [1.82, 2.24) is 0 Å². The van der Waals surface area contributed by atoms with Crippen LogP contribution in [0, 0.1) is 33.2 Å². The predicted molar refractivity (Wildman–Crippen MR) is 88.5 cm³/mol. The van der Waals surface area contributed by atoms with Crippen LogP contribution in [0.3, 0.4) is 0 Å². The lowest BCUT2D eigenvalue weighted by Gasteiger charge is -2.13. The molecule has 0 saturated heterocycles. The largest absolute Gasteiger partial charge is 0.486 e. The van der Waals surface area contributed by atoms with Gasteiger partial charge in [0.05, 0.1) is 32.5 Å². The summed E-state index contributed by atoms with van der Waals surface area (Å²) in [6.45, 7) is 2.30. The number of anilines is 1. The average Bonchev–Trinajstić information content (AvgIpc) is 2.47. The first-order valence-electron chi connectivity index (χ1n) is 6.16. The molecular weight excluding hydrogens is 377 g/mol. The lowest BCUT2D eigenvalue weighted by atomic mass is 10.1. The summed E-state index contributed by atoms with van der Waals surface area (Å²) < 4.78 is 6.58. The van der Waals surface area contributed by atoms with E-state index in [0.717, 1.165) is 14.7 Å². The lowest BCUT2D eigenvalue weighted by Crippen LogP contribution is -2.03. The van der Waals surface area contributed by atoms with Crippen LogP contribution in [-0.4, -0.2) is 0 Å². The standard InChI is InChI=1S/C16H12IN3O/c1-10-4-11(7-18)2-3-13(10)9-21-16-14(17)5-12(8-19)6-15(16)20/h2-6H,9,20H2,1H3. The number of nitriles is 2. The Labute approximate surface area is 136 Å². The van der Waals surface area contributed by atoms with Gasteiger partial charge in [-0.3, -0.25) is 0 Å². The minimum atomic E-state index is 0.365. The molecule has 0 aliphatic carbocycles. The van der Waals surface area contributed by atoms with E-state index >= 15 is 0 Å². The van der Waals surface area contributed by atoms with Crippen LogP contribution >= 0.6 is 22.6 Å². The van der Waals surface area contributed by atoms with E-state index < -0.39 is 0 Å². The maximum absolute atomic E-state index is 8.89. The fourth-order valence-electron chi connectivity index (χ4n) is 1.91. The van der Waals surface area contributed by atoms with E-state index in [-0.39, 0.29) is 0 Å². The number of ether oxygens (including phenoxy) is 1. The second kappa shape index (κ2) is 6.47. The third kappa shape index (κ3) is 3.45. The SMILES string of the molecule is Cc1cc(C#N)ccc1COc1c(N)cc(C#N)cc1I. The summed E-state index contributed by atoms with van der Waals surface area (Å²) in [5.41, 5.74) is 9.50. The van der Waals surface area contributed by atoms with Crippen LogP contribution in [0.25, 0.3) is 0 Å². The van der Waals surface area contributed by atoms with E-state index in [1.165, 1.54) is 0 Å². The number of nitrogens with two attached hydrogens (primary N) is 1. The highest BCUT2D eigenvalue weighted by Crippen LogP contribution is 2.30. The molecule has 0 fully saturated rings. The lowest BCUT2D eigenvalue weighted by molar-refractivity contribution is 0.305. The monoisotopic (exact) mass is 389 g/mol. The highest BCUT2D eigenvalue weighted by Gasteiger charge is 2.09. The normalized spacial score (nSPS) is 9.71. The predicted octanol–water partition coefficient (Wildman–Crippen LogP) is 3.50. The van der Waals surface area contributed by atoms with Crippen molar-refractivity contribution in [2.75, 3.05) is 5.73 Å². The maximum Gasteiger partial charge on any atom is 0.156 e. The van der Waals surface area contributed by atoms with Gasteiger partial charge in [-0.2, -0.15) is 10.5 Å². The second-order valence-electron chi connectivity index (χ2n) is 4.53. The van der Waals surface area contributed by atoms with Gasteiger partial charge in [0.1, 0.15) is 6.61 Å². The van der Waals surface area contributed by atoms with Crippen LogP contribution in [0.4, 0.5) is 5.69 Å². The van der Waals surface area contributed by atoms with Crippen LogP contribution < -0.4 is 10.5 Å². The maximum atomic E-state index is 8.89. The van der Waals surface area contributed by atoms with E-state index in [2.05, 4.69) is 34.7 Å². The summed E-state index contributed by atoms with van der Waals surface area (Å²) in [5, 5.41) is 17.8. The van der Waals surface area contributed by atoms with Crippen LogP contribution in [-0.2, 0) is 6.61 Å². The molecule has 2 N–H and O–H groups in total. The molecule has 0 aromatic heterocycles. The molecule has 0 aliphatic heterocycles. The zero-order valence-corrected chi connectivity index (χ0v) is 13.5. The highest BCUT2D eigenvalue weighted by atomic mass is 127. The molecular formula is C16H12IN3O. The Balaban J connectivity index is 2.21. The Kier molecular flexibility index (Phi) is 4.66. The van der Waals surface area contributed by atoms with Crippen LogP contribution in [0.5, 0.6) is 5.75 Å². The smallest absolute Gasteiger partial charge is 0.156 e. The molecule has 2 rings (SSSR count). The van der Waals surface area contributed by atoms with E-state index in [0.29, 0.717) is 29.2 Å². The molecule has 5 heteroatoms. The average molecular weight is 389 g/mol. The Bertz CT molecular complexity index is 749. The van der Waals surface area contributed by atoms with E-state index in [1.54, 1.807) is 18.2 Å². The summed E-state index contributed by atoms with van der Waals surface area (Å²) >= 11 is 2.10. The van der Waals surface area contributed by atoms with Gasteiger partial charge in [-0.1, -0.05) is 6.07 Å². The molecule has 0 amide bonds. The van der Waals surface area contributed by atoms with Gasteiger partial charge in [0.15, 0.2) is 5.75 Å². The Morgan fingerprint density at radius 1 is 1.14 bits per heavy atom. The van der Waals surface area contributed by atoms with Crippen molar-refractivity contribution in [1.29, 1.82) is 10.5 Å². The first kappa shape index (κ1) is 15.1. The van der Waals surface area contributed by atoms with Gasteiger partial charge in [0.2, 0.25) is 0 Å². The van der Waals surface area contributed by atoms with Crippen LogP contribution in [0.15, 0.2) is 30.3 Å². The van der Waals surface area contributed by atoms with Gasteiger partial charge in [-0.25, -0.2) is 0 Å². The highest BCUT2D eigenvalue weighted by molar-refractivity contribution is 14.1. The van der Waals surface area contributed by atoms with Crippen molar-refractivity contribution in [2.24, 2.45) is 0 Å². The summed E-state index contributed by atoms with van der Waals surface area (Å²) in [5.74, 6) is 0.582. The summed E-state index contributed by atoms with van der Waals surface area (Å²) in [6.07, 6.45) is 0. The zero-order chi connectivity index (χ0) is 15.4. The second-order valence-corrected chi connectivity index (χ2v) is 5.69. The van der Waals surface area contributed by atoms with Crippen molar-refractivity contribution in [3.63, 3.8) is 0 Å². The number of hydrogen-bond acceptors (Lipinski definition) is 4. The minimum absolute atomic E-state index is 0.365. The Morgan fingerprint density at radius 3 is 2.43 bits per heavy atom. The number of aryl methyl sites for hydroxylation is 1. The summed E-state index contributed by atoms with van der Waals surface area (Å²) in [4.78, 5) is 0. The van der Waals surface area contributed by atoms with Gasteiger partial charge in [-0.15, -0.1) is 0 Å². The van der Waals surface area contributed by atoms with Crippen molar-refractivity contribution in [3.8, 4) is 17.9 Å². The van der Waals surface area contributed by atoms with Gasteiger partial charge in [0.25, 0.3) is 0 Å². The fraction of sp³-hybridized carbons (Fsp3) is 0.125. The first-order valence-corrected chi connectivity index (χ1v) is 7.24. The molecule has 2 aromatic carbocycles. The molecule has 0 aliphatic rings. The van der Waals surface area contributed by atoms with Crippen LogP contribution in [0.2, 0.25) is 0 Å². The number of nitrogens with zero attached hydrogens (tertiary/aromatic N) is 2. The summed E-state index contributed by atoms with van der Waals surface area (Å²) in [7, 11) is 0. The number of nitrogen functional groups attached to an aromatic ring is 1. The number of hydrogen-bond donors (Lipinski definition) is 1. The summed E-state index contributed by atoms with van der Waals surface area (Å²) in [6, 6.07) is 13.0. The van der Waals surface area contributed by atoms with Gasteiger partial charge < -0.3 is 10.5 Å². The number of halogens is 1.